The highest BCUT2D eigenvalue weighted by Crippen LogP contribution is 2.44. The van der Waals surface area contributed by atoms with Crippen LogP contribution >= 0.6 is 0 Å². The summed E-state index contributed by atoms with van der Waals surface area (Å²) in [6, 6.07) is 22.0. The third-order valence-electron chi connectivity index (χ3n) is 4.51. The highest BCUT2D eigenvalue weighted by Gasteiger charge is 2.31. The molecule has 1 atom stereocenters. The summed E-state index contributed by atoms with van der Waals surface area (Å²) in [5.41, 5.74) is 8.34. The minimum atomic E-state index is -0.284. The number of hydrogen-bond donors (Lipinski definition) is 1. The van der Waals surface area contributed by atoms with Gasteiger partial charge in [0.1, 0.15) is 23.1 Å². The molecule has 122 valence electrons. The molecule has 3 aromatic carbocycles. The lowest BCUT2D eigenvalue weighted by molar-refractivity contribution is 0.393. The average molecular weight is 328 g/mol. The van der Waals surface area contributed by atoms with Gasteiger partial charge in [0.2, 0.25) is 5.88 Å². The van der Waals surface area contributed by atoms with Gasteiger partial charge in [-0.2, -0.15) is 5.26 Å². The molecule has 2 N–H and O–H groups in total. The Morgan fingerprint density at radius 3 is 2.52 bits per heavy atom. The summed E-state index contributed by atoms with van der Waals surface area (Å²) in [4.78, 5) is 0. The smallest absolute Gasteiger partial charge is 0.205 e. The van der Waals surface area contributed by atoms with Gasteiger partial charge in [0.25, 0.3) is 0 Å². The van der Waals surface area contributed by atoms with E-state index in [1.165, 1.54) is 0 Å². The minimum absolute atomic E-state index is 0.151. The standard InChI is InChI=1S/C21H16N2O2/c1-24-16-8-4-7-15(9-16)20-17-10-13-5-2-3-6-14(13)11-19(17)25-21(23)18(20)12-22/h2-11,20H,23H2,1H3/t20-/m1/s1. The van der Waals surface area contributed by atoms with E-state index in [1.807, 2.05) is 54.6 Å². The molecule has 0 radical (unpaired) electrons. The molecule has 1 aliphatic heterocycles. The molecule has 3 aromatic rings. The first kappa shape index (κ1) is 15.1. The molecule has 0 spiro atoms. The minimum Gasteiger partial charge on any atom is -0.497 e. The lowest BCUT2D eigenvalue weighted by atomic mass is 9.82. The van der Waals surface area contributed by atoms with Crippen molar-refractivity contribution in [3.63, 3.8) is 0 Å². The summed E-state index contributed by atoms with van der Waals surface area (Å²) < 4.78 is 11.1. The van der Waals surface area contributed by atoms with E-state index < -0.39 is 0 Å². The summed E-state index contributed by atoms with van der Waals surface area (Å²) >= 11 is 0. The van der Waals surface area contributed by atoms with Crippen molar-refractivity contribution < 1.29 is 9.47 Å². The molecule has 0 aromatic heterocycles. The first-order valence-electron chi connectivity index (χ1n) is 7.95. The first-order chi connectivity index (χ1) is 12.2. The molecule has 1 heterocycles. The number of ether oxygens (including phenoxy) is 2. The number of nitrogens with two attached hydrogens (primary N) is 1. The van der Waals surface area contributed by atoms with Crippen LogP contribution in [0, 0.1) is 11.3 Å². The summed E-state index contributed by atoms with van der Waals surface area (Å²) in [5.74, 6) is 1.29. The van der Waals surface area contributed by atoms with E-state index in [0.717, 1.165) is 27.6 Å². The largest absolute Gasteiger partial charge is 0.497 e. The number of fused-ring (bicyclic) bond motifs is 2. The molecule has 25 heavy (non-hydrogen) atoms. The van der Waals surface area contributed by atoms with Gasteiger partial charge in [0, 0.05) is 5.56 Å². The molecule has 0 saturated carbocycles. The predicted molar refractivity (Wildman–Crippen MR) is 96.2 cm³/mol. The predicted octanol–water partition coefficient (Wildman–Crippen LogP) is 4.07. The zero-order valence-electron chi connectivity index (χ0n) is 13.7. The number of methoxy groups -OCH3 is 1. The van der Waals surface area contributed by atoms with E-state index in [1.54, 1.807) is 7.11 Å². The maximum Gasteiger partial charge on any atom is 0.205 e. The molecule has 0 aliphatic carbocycles. The van der Waals surface area contributed by atoms with E-state index in [9.17, 15) is 5.26 Å². The molecule has 4 heteroatoms. The summed E-state index contributed by atoms with van der Waals surface area (Å²) in [6.07, 6.45) is 0. The molecule has 0 fully saturated rings. The fraction of sp³-hybridized carbons (Fsp3) is 0.0952. The molecule has 4 nitrogen and oxygen atoms in total. The van der Waals surface area contributed by atoms with Crippen LogP contribution in [0.25, 0.3) is 10.8 Å². The van der Waals surface area contributed by atoms with Crippen molar-refractivity contribution in [2.75, 3.05) is 7.11 Å². The van der Waals surface area contributed by atoms with Gasteiger partial charge >= 0.3 is 0 Å². The number of nitrogens with zero attached hydrogens (tertiary/aromatic N) is 1. The number of rotatable bonds is 2. The van der Waals surface area contributed by atoms with Gasteiger partial charge in [-0.15, -0.1) is 0 Å². The second-order valence-electron chi connectivity index (χ2n) is 5.94. The van der Waals surface area contributed by atoms with Crippen molar-refractivity contribution in [3.05, 3.63) is 83.2 Å². The van der Waals surface area contributed by atoms with Gasteiger partial charge in [0.05, 0.1) is 13.0 Å². The maximum absolute atomic E-state index is 9.66. The Balaban J connectivity index is 1.98. The highest BCUT2D eigenvalue weighted by molar-refractivity contribution is 5.86. The van der Waals surface area contributed by atoms with Gasteiger partial charge in [-0.25, -0.2) is 0 Å². The normalized spacial score (nSPS) is 16.1. The molecular weight excluding hydrogens is 312 g/mol. The fourth-order valence-electron chi connectivity index (χ4n) is 3.31. The van der Waals surface area contributed by atoms with Crippen molar-refractivity contribution in [1.29, 1.82) is 5.26 Å². The molecule has 1 aliphatic rings. The van der Waals surface area contributed by atoms with Crippen molar-refractivity contribution in [1.82, 2.24) is 0 Å². The zero-order chi connectivity index (χ0) is 17.4. The van der Waals surface area contributed by atoms with E-state index >= 15 is 0 Å². The molecule has 0 bridgehead atoms. The van der Waals surface area contributed by atoms with Crippen LogP contribution in [0.1, 0.15) is 17.0 Å². The van der Waals surface area contributed by atoms with E-state index in [4.69, 9.17) is 15.2 Å². The summed E-state index contributed by atoms with van der Waals surface area (Å²) in [7, 11) is 1.62. The zero-order valence-corrected chi connectivity index (χ0v) is 13.7. The van der Waals surface area contributed by atoms with Gasteiger partial charge in [-0.3, -0.25) is 0 Å². The van der Waals surface area contributed by atoms with E-state index in [0.29, 0.717) is 11.3 Å². The van der Waals surface area contributed by atoms with Crippen LogP contribution in [0.15, 0.2) is 72.1 Å². The number of benzene rings is 3. The van der Waals surface area contributed by atoms with Gasteiger partial charge in [0.15, 0.2) is 0 Å². The lowest BCUT2D eigenvalue weighted by Crippen LogP contribution is -2.21. The Bertz CT molecular complexity index is 1050. The Labute approximate surface area is 145 Å². The maximum atomic E-state index is 9.66. The molecule has 4 rings (SSSR count). The van der Waals surface area contributed by atoms with Gasteiger partial charge < -0.3 is 15.2 Å². The van der Waals surface area contributed by atoms with Gasteiger partial charge in [-0.05, 0) is 40.6 Å². The van der Waals surface area contributed by atoms with E-state index in [-0.39, 0.29) is 11.8 Å². The van der Waals surface area contributed by atoms with Gasteiger partial charge in [-0.1, -0.05) is 36.4 Å². The van der Waals surface area contributed by atoms with Crippen LogP contribution < -0.4 is 15.2 Å². The number of hydrogen-bond acceptors (Lipinski definition) is 4. The lowest BCUT2D eigenvalue weighted by Gasteiger charge is -2.27. The Morgan fingerprint density at radius 1 is 1.04 bits per heavy atom. The second kappa shape index (κ2) is 5.88. The van der Waals surface area contributed by atoms with Crippen LogP contribution in [0.5, 0.6) is 11.5 Å². The SMILES string of the molecule is COc1cccc([C@H]2C(C#N)=C(N)Oc3cc4ccccc4cc32)c1. The molecular formula is C21H16N2O2. The first-order valence-corrected chi connectivity index (χ1v) is 7.95. The Kier molecular flexibility index (Phi) is 3.55. The molecule has 0 saturated heterocycles. The van der Waals surface area contributed by atoms with Crippen LogP contribution in [-0.2, 0) is 0 Å². The summed E-state index contributed by atoms with van der Waals surface area (Å²) in [5, 5.41) is 11.8. The fourth-order valence-corrected chi connectivity index (χ4v) is 3.31. The quantitative estimate of drug-likeness (QED) is 0.770. The Morgan fingerprint density at radius 2 is 1.80 bits per heavy atom. The average Bonchev–Trinajstić information content (AvgIpc) is 2.65. The van der Waals surface area contributed by atoms with Crippen molar-refractivity contribution in [2.45, 2.75) is 5.92 Å². The van der Waals surface area contributed by atoms with E-state index in [2.05, 4.69) is 12.1 Å². The number of allylic oxidation sites excluding steroid dienone is 1. The monoisotopic (exact) mass is 328 g/mol. The number of nitriles is 1. The summed E-state index contributed by atoms with van der Waals surface area (Å²) in [6.45, 7) is 0. The highest BCUT2D eigenvalue weighted by atomic mass is 16.5. The third-order valence-corrected chi connectivity index (χ3v) is 4.51. The Hall–Kier alpha value is -3.45. The van der Waals surface area contributed by atoms with Crippen LogP contribution in [-0.4, -0.2) is 7.11 Å². The topological polar surface area (TPSA) is 68.3 Å². The van der Waals surface area contributed by atoms with Crippen LogP contribution in [0.2, 0.25) is 0 Å². The van der Waals surface area contributed by atoms with Crippen LogP contribution in [0.3, 0.4) is 0 Å². The third kappa shape index (κ3) is 2.47. The molecule has 0 unspecified atom stereocenters. The van der Waals surface area contributed by atoms with Crippen molar-refractivity contribution >= 4 is 10.8 Å². The van der Waals surface area contributed by atoms with Crippen LogP contribution in [0.4, 0.5) is 0 Å². The van der Waals surface area contributed by atoms with Crippen molar-refractivity contribution in [2.24, 2.45) is 5.73 Å². The van der Waals surface area contributed by atoms with Crippen molar-refractivity contribution in [3.8, 4) is 17.6 Å². The molecule has 0 amide bonds. The second-order valence-corrected chi connectivity index (χ2v) is 5.94.